The molecular formula is C16H16BrFN4O3. The van der Waals surface area contributed by atoms with E-state index in [4.69, 9.17) is 10.5 Å². The van der Waals surface area contributed by atoms with Gasteiger partial charge in [0.25, 0.3) is 5.56 Å². The standard InChI is InChI=1S/C16H16BrFN4O3/c17-10-7-9(1-2-11(10)18)14(15(19)24)16-20-12(8-13(23)21-16)22-3-5-25-6-4-22/h1-2,7-8,14H,3-6H2,(H2,19,24)(H,20,21,23). The van der Waals surface area contributed by atoms with Crippen molar-refractivity contribution in [1.29, 1.82) is 0 Å². The summed E-state index contributed by atoms with van der Waals surface area (Å²) in [6, 6.07) is 5.48. The molecule has 0 saturated carbocycles. The minimum Gasteiger partial charge on any atom is -0.378 e. The van der Waals surface area contributed by atoms with Crippen LogP contribution < -0.4 is 16.2 Å². The SMILES string of the molecule is NC(=O)C(c1ccc(F)c(Br)c1)c1nc(N2CCOCC2)cc(=O)[nH]1. The Bertz CT molecular complexity index is 852. The molecule has 1 aliphatic heterocycles. The smallest absolute Gasteiger partial charge is 0.253 e. The lowest BCUT2D eigenvalue weighted by Crippen LogP contribution is -2.38. The molecule has 0 radical (unpaired) electrons. The number of anilines is 1. The quantitative estimate of drug-likeness (QED) is 0.786. The third-order valence-electron chi connectivity index (χ3n) is 3.92. The number of H-pyrrole nitrogens is 1. The molecule has 7 nitrogen and oxygen atoms in total. The largest absolute Gasteiger partial charge is 0.378 e. The van der Waals surface area contributed by atoms with Gasteiger partial charge in [0.15, 0.2) is 0 Å². The van der Waals surface area contributed by atoms with Crippen LogP contribution in [0.3, 0.4) is 0 Å². The fourth-order valence-electron chi connectivity index (χ4n) is 2.70. The molecular weight excluding hydrogens is 395 g/mol. The van der Waals surface area contributed by atoms with Crippen molar-refractivity contribution in [3.8, 4) is 0 Å². The maximum atomic E-state index is 13.5. The number of halogens is 2. The van der Waals surface area contributed by atoms with Gasteiger partial charge in [-0.3, -0.25) is 9.59 Å². The third-order valence-corrected chi connectivity index (χ3v) is 4.52. The second kappa shape index (κ2) is 7.32. The van der Waals surface area contributed by atoms with Gasteiger partial charge in [0, 0.05) is 19.2 Å². The van der Waals surface area contributed by atoms with Gasteiger partial charge in [-0.25, -0.2) is 9.37 Å². The number of hydrogen-bond acceptors (Lipinski definition) is 5. The number of benzene rings is 1. The predicted octanol–water partition coefficient (Wildman–Crippen LogP) is 1.13. The van der Waals surface area contributed by atoms with E-state index in [2.05, 4.69) is 25.9 Å². The maximum absolute atomic E-state index is 13.5. The van der Waals surface area contributed by atoms with E-state index in [1.165, 1.54) is 24.3 Å². The average Bonchev–Trinajstić information content (AvgIpc) is 2.58. The predicted molar refractivity (Wildman–Crippen MR) is 93.0 cm³/mol. The number of aromatic amines is 1. The second-order valence-electron chi connectivity index (χ2n) is 5.60. The summed E-state index contributed by atoms with van der Waals surface area (Å²) in [5.74, 6) is -1.57. The van der Waals surface area contributed by atoms with Gasteiger partial charge in [0.2, 0.25) is 5.91 Å². The van der Waals surface area contributed by atoms with Gasteiger partial charge < -0.3 is 20.4 Å². The minimum absolute atomic E-state index is 0.125. The number of primary amides is 1. The van der Waals surface area contributed by atoms with Crippen molar-refractivity contribution in [2.45, 2.75) is 5.92 Å². The molecule has 3 N–H and O–H groups in total. The zero-order valence-corrected chi connectivity index (χ0v) is 14.8. The molecule has 1 unspecified atom stereocenters. The summed E-state index contributed by atoms with van der Waals surface area (Å²) >= 11 is 3.09. The maximum Gasteiger partial charge on any atom is 0.253 e. The lowest BCUT2D eigenvalue weighted by Gasteiger charge is -2.28. The van der Waals surface area contributed by atoms with Crippen molar-refractivity contribution in [1.82, 2.24) is 9.97 Å². The highest BCUT2D eigenvalue weighted by Gasteiger charge is 2.25. The number of aromatic nitrogens is 2. The second-order valence-corrected chi connectivity index (χ2v) is 6.45. The lowest BCUT2D eigenvalue weighted by molar-refractivity contribution is -0.118. The van der Waals surface area contributed by atoms with Gasteiger partial charge in [-0.05, 0) is 33.6 Å². The van der Waals surface area contributed by atoms with Crippen molar-refractivity contribution >= 4 is 27.7 Å². The Labute approximate surface area is 151 Å². The molecule has 1 atom stereocenters. The summed E-state index contributed by atoms with van der Waals surface area (Å²) in [5, 5.41) is 0. The van der Waals surface area contributed by atoms with Crippen LogP contribution >= 0.6 is 15.9 Å². The molecule has 2 heterocycles. The molecule has 132 valence electrons. The van der Waals surface area contributed by atoms with E-state index in [0.717, 1.165) is 0 Å². The van der Waals surface area contributed by atoms with Crippen LogP contribution in [0.1, 0.15) is 17.3 Å². The highest BCUT2D eigenvalue weighted by Crippen LogP contribution is 2.26. The van der Waals surface area contributed by atoms with E-state index in [1.807, 2.05) is 4.90 Å². The number of nitrogens with one attached hydrogen (secondary N) is 1. The molecule has 1 fully saturated rings. The normalized spacial score (nSPS) is 15.8. The first-order valence-electron chi connectivity index (χ1n) is 7.64. The number of carbonyl (C=O) groups is 1. The van der Waals surface area contributed by atoms with Gasteiger partial charge in [-0.1, -0.05) is 6.07 Å². The van der Waals surface area contributed by atoms with Crippen LogP contribution in [-0.2, 0) is 9.53 Å². The van der Waals surface area contributed by atoms with Crippen LogP contribution in [0.2, 0.25) is 0 Å². The Balaban J connectivity index is 2.04. The Hall–Kier alpha value is -2.26. The number of nitrogens with two attached hydrogens (primary N) is 1. The third kappa shape index (κ3) is 3.88. The average molecular weight is 411 g/mol. The summed E-state index contributed by atoms with van der Waals surface area (Å²) in [6.45, 7) is 2.26. The molecule has 0 aliphatic carbocycles. The van der Waals surface area contributed by atoms with Crippen molar-refractivity contribution in [2.75, 3.05) is 31.2 Å². The first-order chi connectivity index (χ1) is 12.0. The van der Waals surface area contributed by atoms with E-state index in [9.17, 15) is 14.0 Å². The van der Waals surface area contributed by atoms with Crippen LogP contribution in [0.15, 0.2) is 33.5 Å². The summed E-state index contributed by atoms with van der Waals surface area (Å²) in [5.41, 5.74) is 5.57. The van der Waals surface area contributed by atoms with Gasteiger partial charge >= 0.3 is 0 Å². The van der Waals surface area contributed by atoms with Crippen molar-refractivity contribution < 1.29 is 13.9 Å². The number of ether oxygens (including phenoxy) is 1. The zero-order valence-electron chi connectivity index (χ0n) is 13.2. The number of nitrogens with zero attached hydrogens (tertiary/aromatic N) is 2. The van der Waals surface area contributed by atoms with Crippen LogP contribution in [0, 0.1) is 5.82 Å². The van der Waals surface area contributed by atoms with E-state index in [0.29, 0.717) is 37.7 Å². The van der Waals surface area contributed by atoms with Crippen molar-refractivity contribution in [3.05, 3.63) is 56.3 Å². The first kappa shape index (κ1) is 17.6. The monoisotopic (exact) mass is 410 g/mol. The van der Waals surface area contributed by atoms with E-state index >= 15 is 0 Å². The Kier molecular flexibility index (Phi) is 5.14. The Morgan fingerprint density at radius 1 is 1.36 bits per heavy atom. The van der Waals surface area contributed by atoms with Gasteiger partial charge in [-0.2, -0.15) is 0 Å². The topological polar surface area (TPSA) is 101 Å². The van der Waals surface area contributed by atoms with Crippen LogP contribution in [-0.4, -0.2) is 42.2 Å². The highest BCUT2D eigenvalue weighted by atomic mass is 79.9. The minimum atomic E-state index is -0.995. The number of rotatable bonds is 4. The number of carbonyl (C=O) groups excluding carboxylic acids is 1. The molecule has 3 rings (SSSR count). The summed E-state index contributed by atoms with van der Waals surface area (Å²) in [4.78, 5) is 33.0. The molecule has 1 aromatic heterocycles. The summed E-state index contributed by atoms with van der Waals surface area (Å²) in [7, 11) is 0. The van der Waals surface area contributed by atoms with E-state index < -0.39 is 17.6 Å². The van der Waals surface area contributed by atoms with Gasteiger partial charge in [0.1, 0.15) is 23.4 Å². The molecule has 9 heteroatoms. The van der Waals surface area contributed by atoms with Gasteiger partial charge in [-0.15, -0.1) is 0 Å². The molecule has 2 aromatic rings. The Morgan fingerprint density at radius 2 is 2.08 bits per heavy atom. The fraction of sp³-hybridized carbons (Fsp3) is 0.312. The number of amides is 1. The Morgan fingerprint density at radius 3 is 2.72 bits per heavy atom. The molecule has 1 aromatic carbocycles. The summed E-state index contributed by atoms with van der Waals surface area (Å²) < 4.78 is 19.0. The molecule has 1 saturated heterocycles. The molecule has 25 heavy (non-hydrogen) atoms. The summed E-state index contributed by atoms with van der Waals surface area (Å²) in [6.07, 6.45) is 0. The molecule has 1 amide bonds. The van der Waals surface area contributed by atoms with Crippen LogP contribution in [0.25, 0.3) is 0 Å². The van der Waals surface area contributed by atoms with E-state index in [-0.39, 0.29) is 15.9 Å². The number of morpholine rings is 1. The molecule has 1 aliphatic rings. The number of hydrogen-bond donors (Lipinski definition) is 2. The highest BCUT2D eigenvalue weighted by molar-refractivity contribution is 9.10. The fourth-order valence-corrected chi connectivity index (χ4v) is 3.10. The zero-order chi connectivity index (χ0) is 18.0. The van der Waals surface area contributed by atoms with Gasteiger partial charge in [0.05, 0.1) is 17.7 Å². The van der Waals surface area contributed by atoms with E-state index in [1.54, 1.807) is 0 Å². The lowest BCUT2D eigenvalue weighted by atomic mass is 9.97. The molecule has 0 bridgehead atoms. The van der Waals surface area contributed by atoms with Crippen molar-refractivity contribution in [3.63, 3.8) is 0 Å². The molecule has 0 spiro atoms. The first-order valence-corrected chi connectivity index (χ1v) is 8.43. The van der Waals surface area contributed by atoms with Crippen LogP contribution in [0.4, 0.5) is 10.2 Å². The van der Waals surface area contributed by atoms with Crippen molar-refractivity contribution in [2.24, 2.45) is 5.73 Å². The van der Waals surface area contributed by atoms with Crippen LogP contribution in [0.5, 0.6) is 0 Å².